The van der Waals surface area contributed by atoms with Crippen LogP contribution in [0.3, 0.4) is 0 Å². The van der Waals surface area contributed by atoms with E-state index < -0.39 is 29.8 Å². The van der Waals surface area contributed by atoms with Crippen LogP contribution in [0.1, 0.15) is 47.5 Å². The number of aliphatic carboxylic acids is 5. The topological polar surface area (TPSA) is 288 Å². The maximum Gasteiger partial charge on any atom is 0.330 e. The predicted octanol–water partition coefficient (Wildman–Crippen LogP) is 1.57. The number of hydrogen-bond donors (Lipinski definition) is 10. The third kappa shape index (κ3) is 78.8. The van der Waals surface area contributed by atoms with Gasteiger partial charge in [-0.15, -0.1) is 0 Å². The number of rotatable bonds is 11. The van der Waals surface area contributed by atoms with Crippen molar-refractivity contribution in [2.45, 2.75) is 47.5 Å². The predicted molar refractivity (Wildman–Crippen MR) is 160 cm³/mol. The third-order valence-electron chi connectivity index (χ3n) is 3.21. The van der Waals surface area contributed by atoms with Crippen molar-refractivity contribution in [3.8, 4) is 0 Å². The van der Waals surface area contributed by atoms with Crippen molar-refractivity contribution >= 4 is 29.8 Å². The lowest BCUT2D eigenvalue weighted by molar-refractivity contribution is -0.133. The summed E-state index contributed by atoms with van der Waals surface area (Å²) in [6.45, 7) is 22.9. The van der Waals surface area contributed by atoms with E-state index in [-0.39, 0.29) is 66.8 Å². The van der Waals surface area contributed by atoms with Crippen molar-refractivity contribution in [1.82, 2.24) is 0 Å². The summed E-state index contributed by atoms with van der Waals surface area (Å²) in [7, 11) is 0. The highest BCUT2D eigenvalue weighted by molar-refractivity contribution is 5.86. The van der Waals surface area contributed by atoms with E-state index in [0.29, 0.717) is 12.8 Å². The van der Waals surface area contributed by atoms with Crippen LogP contribution in [0.15, 0.2) is 60.8 Å². The quantitative estimate of drug-likeness (QED) is 0.146. The molecular weight excluding hydrogens is 576 g/mol. The van der Waals surface area contributed by atoms with Crippen LogP contribution in [0.4, 0.5) is 0 Å². The number of carbonyl (C=O) groups is 5. The standard InChI is InChI=1S/C6H14O3.5C4H6O2.C2H6O2/c7-3-1-2-6(4-8)5-9;5*1-3(2)4(5)6;3-1-2-4/h6-9H,1-5H2;5*1H2,2H3,(H,5,6);3-4H,1-2H2. The summed E-state index contributed by atoms with van der Waals surface area (Å²) in [5.74, 6) is -4.72. The molecule has 0 rings (SSSR count). The molecule has 0 heterocycles. The Kier molecular flexibility index (Phi) is 51.0. The lowest BCUT2D eigenvalue weighted by atomic mass is 10.1. The Morgan fingerprint density at radius 3 is 0.674 bits per heavy atom. The second-order valence-electron chi connectivity index (χ2n) is 7.97. The molecule has 0 aliphatic carbocycles. The summed E-state index contributed by atoms with van der Waals surface area (Å²) in [4.78, 5) is 48.0. The van der Waals surface area contributed by atoms with E-state index in [9.17, 15) is 24.0 Å². The molecule has 0 aliphatic heterocycles. The highest BCUT2D eigenvalue weighted by Gasteiger charge is 2.03. The Bertz CT molecular complexity index is 653. The minimum absolute atomic E-state index is 0.0104. The molecule has 15 heteroatoms. The molecule has 0 aromatic heterocycles. The van der Waals surface area contributed by atoms with Crippen LogP contribution < -0.4 is 0 Å². The van der Waals surface area contributed by atoms with Gasteiger partial charge in [-0.3, -0.25) is 0 Å². The van der Waals surface area contributed by atoms with Crippen LogP contribution in [-0.4, -0.2) is 114 Å². The number of hydrogen-bond acceptors (Lipinski definition) is 10. The average molecular weight is 627 g/mol. The molecule has 0 bridgehead atoms. The molecule has 0 saturated carbocycles. The summed E-state index contributed by atoms with van der Waals surface area (Å²) < 4.78 is 0. The molecule has 0 aromatic rings. The van der Waals surface area contributed by atoms with Crippen LogP contribution in [0.2, 0.25) is 0 Å². The van der Waals surface area contributed by atoms with Crippen LogP contribution in [0.25, 0.3) is 0 Å². The Morgan fingerprint density at radius 1 is 0.442 bits per heavy atom. The van der Waals surface area contributed by atoms with Crippen molar-refractivity contribution in [2.24, 2.45) is 5.92 Å². The number of carboxylic acid groups (broad SMARTS) is 5. The molecule has 0 atom stereocenters. The number of aliphatic hydroxyl groups excluding tert-OH is 5. The first kappa shape index (κ1) is 54.9. The second kappa shape index (κ2) is 40.0. The first-order valence-electron chi connectivity index (χ1n) is 12.0. The zero-order chi connectivity index (χ0) is 36.3. The molecule has 0 saturated heterocycles. The Hall–Kier alpha value is -4.15. The summed E-state index contributed by atoms with van der Waals surface area (Å²) in [5.41, 5.74) is 0.880. The van der Waals surface area contributed by atoms with Crippen LogP contribution >= 0.6 is 0 Å². The Morgan fingerprint density at radius 2 is 0.605 bits per heavy atom. The van der Waals surface area contributed by atoms with Gasteiger partial charge in [-0.05, 0) is 47.5 Å². The normalized spacial score (nSPS) is 8.16. The van der Waals surface area contributed by atoms with Gasteiger partial charge in [-0.25, -0.2) is 24.0 Å². The maximum atomic E-state index is 9.60. The average Bonchev–Trinajstić information content (AvgIpc) is 2.90. The van der Waals surface area contributed by atoms with Gasteiger partial charge in [0.15, 0.2) is 0 Å². The molecule has 0 fully saturated rings. The van der Waals surface area contributed by atoms with Crippen molar-refractivity contribution in [1.29, 1.82) is 0 Å². The highest BCUT2D eigenvalue weighted by atomic mass is 16.4. The fraction of sp³-hybridized carbons (Fsp3) is 0.464. The van der Waals surface area contributed by atoms with Gasteiger partial charge in [-0.1, -0.05) is 32.9 Å². The smallest absolute Gasteiger partial charge is 0.330 e. The molecule has 0 spiro atoms. The van der Waals surface area contributed by atoms with E-state index in [1.165, 1.54) is 34.6 Å². The molecule has 0 aliphatic rings. The largest absolute Gasteiger partial charge is 0.478 e. The first-order valence-corrected chi connectivity index (χ1v) is 12.0. The fourth-order valence-electron chi connectivity index (χ4n) is 0.620. The molecule has 0 unspecified atom stereocenters. The highest BCUT2D eigenvalue weighted by Crippen LogP contribution is 2.02. The minimum atomic E-state index is -0.935. The van der Waals surface area contributed by atoms with E-state index in [1.54, 1.807) is 0 Å². The lowest BCUT2D eigenvalue weighted by Gasteiger charge is -2.07. The molecule has 0 aromatic carbocycles. The fourth-order valence-corrected chi connectivity index (χ4v) is 0.620. The van der Waals surface area contributed by atoms with Crippen LogP contribution in [0.5, 0.6) is 0 Å². The number of aliphatic hydroxyl groups is 5. The summed E-state index contributed by atoms with van der Waals surface area (Å²) >= 11 is 0. The van der Waals surface area contributed by atoms with Gasteiger partial charge in [0.25, 0.3) is 0 Å². The van der Waals surface area contributed by atoms with E-state index in [0.717, 1.165) is 0 Å². The number of carboxylic acids is 5. The van der Waals surface area contributed by atoms with Crippen molar-refractivity contribution < 1.29 is 75.0 Å². The Labute approximate surface area is 252 Å². The zero-order valence-corrected chi connectivity index (χ0v) is 25.6. The molecule has 0 amide bonds. The van der Waals surface area contributed by atoms with Gasteiger partial charge in [0.2, 0.25) is 0 Å². The van der Waals surface area contributed by atoms with Crippen molar-refractivity contribution in [3.05, 3.63) is 60.8 Å². The zero-order valence-electron chi connectivity index (χ0n) is 25.6. The van der Waals surface area contributed by atoms with Gasteiger partial charge in [0, 0.05) is 53.6 Å². The molecule has 0 radical (unpaired) electrons. The molecular formula is C28H50O15. The van der Waals surface area contributed by atoms with Gasteiger partial charge < -0.3 is 51.1 Å². The molecule has 10 N–H and O–H groups in total. The monoisotopic (exact) mass is 626 g/mol. The van der Waals surface area contributed by atoms with E-state index in [2.05, 4.69) is 32.9 Å². The summed E-state index contributed by atoms with van der Waals surface area (Å²) in [5, 5.41) is 80.1. The SMILES string of the molecule is C=C(C)C(=O)O.C=C(C)C(=O)O.C=C(C)C(=O)O.C=C(C)C(=O)O.C=C(C)C(=O)O.OCCCC(CO)CO.OCCO. The van der Waals surface area contributed by atoms with E-state index in [1.807, 2.05) is 0 Å². The molecule has 15 nitrogen and oxygen atoms in total. The second-order valence-corrected chi connectivity index (χ2v) is 7.97. The van der Waals surface area contributed by atoms with Gasteiger partial charge >= 0.3 is 29.8 Å². The first-order chi connectivity index (χ1) is 19.5. The van der Waals surface area contributed by atoms with E-state index in [4.69, 9.17) is 51.1 Å². The van der Waals surface area contributed by atoms with Crippen LogP contribution in [-0.2, 0) is 24.0 Å². The summed E-state index contributed by atoms with van der Waals surface area (Å²) in [6, 6.07) is 0. The van der Waals surface area contributed by atoms with Gasteiger partial charge in [-0.2, -0.15) is 0 Å². The van der Waals surface area contributed by atoms with E-state index >= 15 is 0 Å². The van der Waals surface area contributed by atoms with Crippen molar-refractivity contribution in [3.63, 3.8) is 0 Å². The molecule has 43 heavy (non-hydrogen) atoms. The minimum Gasteiger partial charge on any atom is -0.478 e. The van der Waals surface area contributed by atoms with Gasteiger partial charge in [0.1, 0.15) is 0 Å². The van der Waals surface area contributed by atoms with Crippen molar-refractivity contribution in [2.75, 3.05) is 33.0 Å². The third-order valence-corrected chi connectivity index (χ3v) is 3.21. The van der Waals surface area contributed by atoms with Crippen LogP contribution in [0, 0.1) is 5.92 Å². The Balaban J connectivity index is -0.0000000711. The lowest BCUT2D eigenvalue weighted by Crippen LogP contribution is -2.11. The summed E-state index contributed by atoms with van der Waals surface area (Å²) in [6.07, 6.45) is 1.36. The maximum absolute atomic E-state index is 9.60. The molecule has 252 valence electrons. The van der Waals surface area contributed by atoms with Gasteiger partial charge in [0.05, 0.1) is 13.2 Å².